The second kappa shape index (κ2) is 7.35. The van der Waals surface area contributed by atoms with Gasteiger partial charge in [-0.2, -0.15) is 13.9 Å². The molecule has 1 aromatic carbocycles. The van der Waals surface area contributed by atoms with Crippen LogP contribution >= 0.6 is 0 Å². The zero-order valence-electron chi connectivity index (χ0n) is 14.1. The summed E-state index contributed by atoms with van der Waals surface area (Å²) in [7, 11) is 1.31. The van der Waals surface area contributed by atoms with Crippen molar-refractivity contribution in [1.82, 2.24) is 20.0 Å². The van der Waals surface area contributed by atoms with Crippen molar-refractivity contribution in [3.05, 3.63) is 46.1 Å². The molecule has 0 unspecified atom stereocenters. The van der Waals surface area contributed by atoms with Crippen LogP contribution in [0.1, 0.15) is 11.6 Å². The normalized spacial score (nSPS) is 11.0. The minimum absolute atomic E-state index is 0.0331. The van der Waals surface area contributed by atoms with Gasteiger partial charge in [-0.25, -0.2) is 0 Å². The zero-order valence-corrected chi connectivity index (χ0v) is 14.1. The molecule has 0 aliphatic heterocycles. The van der Waals surface area contributed by atoms with Crippen LogP contribution in [0.4, 0.5) is 14.5 Å². The summed E-state index contributed by atoms with van der Waals surface area (Å²) in [5, 5.41) is 22.6. The molecule has 0 saturated heterocycles. The summed E-state index contributed by atoms with van der Waals surface area (Å²) in [5.74, 6) is 0.223. The second-order valence-electron chi connectivity index (χ2n) is 5.30. The van der Waals surface area contributed by atoms with Crippen molar-refractivity contribution in [2.75, 3.05) is 7.11 Å². The number of aromatic nitrogens is 4. The monoisotopic (exact) mass is 381 g/mol. The Kier molecular flexibility index (Phi) is 4.96. The third-order valence-corrected chi connectivity index (χ3v) is 3.51. The highest BCUT2D eigenvalue weighted by Crippen LogP contribution is 2.33. The number of aryl methyl sites for hydroxylation is 1. The van der Waals surface area contributed by atoms with Crippen molar-refractivity contribution in [1.29, 1.82) is 0 Å². The molecule has 0 fully saturated rings. The Balaban J connectivity index is 1.81. The fourth-order valence-corrected chi connectivity index (χ4v) is 2.33. The lowest BCUT2D eigenvalue weighted by Gasteiger charge is -2.10. The largest absolute Gasteiger partial charge is 0.493 e. The number of ether oxygens (including phenoxy) is 2. The molecule has 10 nitrogen and oxygen atoms in total. The van der Waals surface area contributed by atoms with E-state index in [-0.39, 0.29) is 41.2 Å². The minimum atomic E-state index is -2.98. The Morgan fingerprint density at radius 3 is 2.74 bits per heavy atom. The topological polar surface area (TPSA) is 118 Å². The van der Waals surface area contributed by atoms with Crippen LogP contribution in [0.2, 0.25) is 0 Å². The number of halogens is 2. The average Bonchev–Trinajstić information content (AvgIpc) is 3.21. The van der Waals surface area contributed by atoms with Crippen molar-refractivity contribution in [2.24, 2.45) is 0 Å². The summed E-state index contributed by atoms with van der Waals surface area (Å²) in [6.07, 6.45) is 1.26. The number of nitro groups is 1. The number of hydrogen-bond donors (Lipinski definition) is 0. The Morgan fingerprint density at radius 1 is 1.33 bits per heavy atom. The molecule has 27 heavy (non-hydrogen) atoms. The van der Waals surface area contributed by atoms with E-state index in [1.165, 1.54) is 43.1 Å². The van der Waals surface area contributed by atoms with Crippen LogP contribution in [0, 0.1) is 17.0 Å². The van der Waals surface area contributed by atoms with E-state index in [1.54, 1.807) is 0 Å². The maximum Gasteiger partial charge on any atom is 0.387 e. The molecule has 2 aromatic heterocycles. The molecular formula is C15H13F2N5O5. The van der Waals surface area contributed by atoms with Crippen LogP contribution in [0.25, 0.3) is 11.5 Å². The van der Waals surface area contributed by atoms with E-state index in [0.29, 0.717) is 5.56 Å². The van der Waals surface area contributed by atoms with Gasteiger partial charge >= 0.3 is 12.3 Å². The van der Waals surface area contributed by atoms with Gasteiger partial charge in [-0.05, 0) is 25.1 Å². The molecule has 0 radical (unpaired) electrons. The molecule has 0 N–H and O–H groups in total. The molecule has 0 amide bonds. The molecule has 3 aromatic rings. The summed E-state index contributed by atoms with van der Waals surface area (Å²) in [5.41, 5.74) is 0.572. The first-order valence-electron chi connectivity index (χ1n) is 7.51. The van der Waals surface area contributed by atoms with Gasteiger partial charge in [0.1, 0.15) is 18.4 Å². The lowest BCUT2D eigenvalue weighted by Crippen LogP contribution is -2.03. The van der Waals surface area contributed by atoms with E-state index in [9.17, 15) is 18.9 Å². The summed E-state index contributed by atoms with van der Waals surface area (Å²) in [6.45, 7) is -1.43. The third-order valence-electron chi connectivity index (χ3n) is 3.51. The zero-order chi connectivity index (χ0) is 19.6. The minimum Gasteiger partial charge on any atom is -0.493 e. The van der Waals surface area contributed by atoms with Gasteiger partial charge in [-0.1, -0.05) is 0 Å². The molecule has 0 saturated carbocycles. The van der Waals surface area contributed by atoms with Crippen molar-refractivity contribution >= 4 is 5.69 Å². The van der Waals surface area contributed by atoms with Crippen LogP contribution in [-0.2, 0) is 6.54 Å². The lowest BCUT2D eigenvalue weighted by molar-refractivity contribution is -0.385. The fourth-order valence-electron chi connectivity index (χ4n) is 2.33. The van der Waals surface area contributed by atoms with Crippen molar-refractivity contribution in [3.63, 3.8) is 0 Å². The van der Waals surface area contributed by atoms with E-state index >= 15 is 0 Å². The Bertz CT molecular complexity index is 971. The molecule has 0 bridgehead atoms. The maximum absolute atomic E-state index is 12.4. The second-order valence-corrected chi connectivity index (χ2v) is 5.30. The highest BCUT2D eigenvalue weighted by Gasteiger charge is 2.18. The number of alkyl halides is 2. The molecular weight excluding hydrogens is 368 g/mol. The van der Waals surface area contributed by atoms with Gasteiger partial charge in [0.25, 0.3) is 0 Å². The molecule has 2 heterocycles. The number of rotatable bonds is 7. The van der Waals surface area contributed by atoms with Gasteiger partial charge in [0.15, 0.2) is 11.5 Å². The number of benzene rings is 1. The Morgan fingerprint density at radius 2 is 2.11 bits per heavy atom. The van der Waals surface area contributed by atoms with Crippen molar-refractivity contribution < 1.29 is 27.6 Å². The van der Waals surface area contributed by atoms with E-state index in [0.717, 1.165) is 0 Å². The van der Waals surface area contributed by atoms with Crippen LogP contribution in [0.15, 0.2) is 28.8 Å². The molecule has 142 valence electrons. The smallest absolute Gasteiger partial charge is 0.387 e. The van der Waals surface area contributed by atoms with Crippen LogP contribution < -0.4 is 9.47 Å². The molecule has 0 atom stereocenters. The molecule has 12 heteroatoms. The number of methoxy groups -OCH3 is 1. The predicted octanol–water partition coefficient (Wildman–Crippen LogP) is 2.81. The maximum atomic E-state index is 12.4. The molecule has 0 aliphatic rings. The number of hydrogen-bond acceptors (Lipinski definition) is 8. The molecule has 0 aliphatic carbocycles. The fraction of sp³-hybridized carbons (Fsp3) is 0.267. The first-order valence-corrected chi connectivity index (χ1v) is 7.51. The van der Waals surface area contributed by atoms with Crippen LogP contribution in [0.5, 0.6) is 11.5 Å². The van der Waals surface area contributed by atoms with E-state index in [1.807, 2.05) is 0 Å². The van der Waals surface area contributed by atoms with Crippen LogP contribution in [-0.4, -0.2) is 38.6 Å². The SMILES string of the molecule is COc1cc(-c2nnc(Cn3cc([N+](=O)[O-])c(C)n3)o2)ccc1OC(F)F. The van der Waals surface area contributed by atoms with Gasteiger partial charge in [0, 0.05) is 5.56 Å². The van der Waals surface area contributed by atoms with Gasteiger partial charge < -0.3 is 13.9 Å². The van der Waals surface area contributed by atoms with Gasteiger partial charge in [-0.15, -0.1) is 10.2 Å². The standard InChI is InChI=1S/C15H13F2N5O5/c1-8-10(22(23)24)6-21(20-8)7-13-18-19-14(27-13)9-3-4-11(26-15(16)17)12(5-9)25-2/h3-6,15H,7H2,1-2H3. The van der Waals surface area contributed by atoms with Crippen LogP contribution in [0.3, 0.4) is 0 Å². The van der Waals surface area contributed by atoms with Gasteiger partial charge in [0.05, 0.1) is 12.0 Å². The summed E-state index contributed by atoms with van der Waals surface area (Å²) >= 11 is 0. The third kappa shape index (κ3) is 3.99. The number of nitrogens with zero attached hydrogens (tertiary/aromatic N) is 5. The highest BCUT2D eigenvalue weighted by atomic mass is 19.3. The molecule has 3 rings (SSSR count). The van der Waals surface area contributed by atoms with E-state index in [4.69, 9.17) is 9.15 Å². The van der Waals surface area contributed by atoms with Gasteiger partial charge in [-0.3, -0.25) is 14.8 Å². The first-order chi connectivity index (χ1) is 12.9. The highest BCUT2D eigenvalue weighted by molar-refractivity contribution is 5.59. The van der Waals surface area contributed by atoms with Gasteiger partial charge in [0.2, 0.25) is 11.8 Å². The van der Waals surface area contributed by atoms with Crippen molar-refractivity contribution in [3.8, 4) is 23.0 Å². The quantitative estimate of drug-likeness (QED) is 0.453. The Hall–Kier alpha value is -3.57. The van der Waals surface area contributed by atoms with E-state index < -0.39 is 11.5 Å². The predicted molar refractivity (Wildman–Crippen MR) is 85.6 cm³/mol. The summed E-state index contributed by atoms with van der Waals surface area (Å²) in [6, 6.07) is 4.17. The first kappa shape index (κ1) is 18.2. The summed E-state index contributed by atoms with van der Waals surface area (Å²) < 4.78 is 41.0. The molecule has 0 spiro atoms. The average molecular weight is 381 g/mol. The Labute approximate surface area is 150 Å². The summed E-state index contributed by atoms with van der Waals surface area (Å²) in [4.78, 5) is 10.3. The van der Waals surface area contributed by atoms with Crippen molar-refractivity contribution in [2.45, 2.75) is 20.1 Å². The lowest BCUT2D eigenvalue weighted by atomic mass is 10.2. The van der Waals surface area contributed by atoms with E-state index in [2.05, 4.69) is 20.0 Å².